The van der Waals surface area contributed by atoms with E-state index < -0.39 is 12.0 Å². The van der Waals surface area contributed by atoms with Crippen LogP contribution in [0.2, 0.25) is 0 Å². The first-order valence-corrected chi connectivity index (χ1v) is 8.21. The highest BCUT2D eigenvalue weighted by atomic mass is 16.4. The topological polar surface area (TPSA) is 88.3 Å². The number of hydrogen-bond donors (Lipinski definition) is 1. The van der Waals surface area contributed by atoms with Gasteiger partial charge in [0.05, 0.1) is 19.0 Å². The van der Waals surface area contributed by atoms with Crippen LogP contribution in [0.4, 0.5) is 0 Å². The zero-order valence-corrected chi connectivity index (χ0v) is 14.8. The van der Waals surface area contributed by atoms with E-state index in [9.17, 15) is 14.7 Å². The van der Waals surface area contributed by atoms with Gasteiger partial charge in [-0.1, -0.05) is 25.5 Å². The predicted molar refractivity (Wildman–Crippen MR) is 86.9 cm³/mol. The average Bonchev–Trinajstić information content (AvgIpc) is 2.84. The van der Waals surface area contributed by atoms with Gasteiger partial charge in [0.25, 0.3) is 0 Å². The molecule has 7 nitrogen and oxygen atoms in total. The van der Waals surface area contributed by atoms with E-state index in [2.05, 4.69) is 30.1 Å². The van der Waals surface area contributed by atoms with Gasteiger partial charge in [-0.2, -0.15) is 0 Å². The van der Waals surface area contributed by atoms with Crippen molar-refractivity contribution < 1.29 is 14.7 Å². The van der Waals surface area contributed by atoms with Crippen LogP contribution < -0.4 is 0 Å². The zero-order valence-electron chi connectivity index (χ0n) is 14.8. The second-order valence-electron chi connectivity index (χ2n) is 7.66. The molecule has 3 rings (SSSR count). The lowest BCUT2D eigenvalue weighted by molar-refractivity contribution is -0.153. The fourth-order valence-electron chi connectivity index (χ4n) is 3.75. The SMILES string of the molecule is CC(C)=CC1C(C(=O)N2Cc3nnc(C)n3CC2C(=O)O)C1(C)C. The van der Waals surface area contributed by atoms with Crippen molar-refractivity contribution in [2.24, 2.45) is 17.3 Å². The third-order valence-corrected chi connectivity index (χ3v) is 5.31. The monoisotopic (exact) mass is 332 g/mol. The van der Waals surface area contributed by atoms with Crippen molar-refractivity contribution in [3.05, 3.63) is 23.3 Å². The van der Waals surface area contributed by atoms with E-state index in [0.717, 1.165) is 0 Å². The number of rotatable bonds is 3. The van der Waals surface area contributed by atoms with Crippen molar-refractivity contribution in [2.75, 3.05) is 0 Å². The van der Waals surface area contributed by atoms with Gasteiger partial charge in [0, 0.05) is 0 Å². The summed E-state index contributed by atoms with van der Waals surface area (Å²) < 4.78 is 1.79. The summed E-state index contributed by atoms with van der Waals surface area (Å²) in [7, 11) is 0. The van der Waals surface area contributed by atoms with Gasteiger partial charge < -0.3 is 14.6 Å². The summed E-state index contributed by atoms with van der Waals surface area (Å²) in [6.07, 6.45) is 2.12. The highest BCUT2D eigenvalue weighted by Crippen LogP contribution is 2.60. The molecule has 1 saturated carbocycles. The molecule has 1 amide bonds. The van der Waals surface area contributed by atoms with Crippen LogP contribution in [0.3, 0.4) is 0 Å². The molecule has 0 saturated heterocycles. The summed E-state index contributed by atoms with van der Waals surface area (Å²) in [6.45, 7) is 10.4. The maximum atomic E-state index is 13.1. The van der Waals surface area contributed by atoms with Crippen LogP contribution in [0, 0.1) is 24.2 Å². The van der Waals surface area contributed by atoms with E-state index in [1.165, 1.54) is 10.5 Å². The van der Waals surface area contributed by atoms with Crippen LogP contribution in [0.5, 0.6) is 0 Å². The van der Waals surface area contributed by atoms with Gasteiger partial charge in [-0.25, -0.2) is 4.79 Å². The second kappa shape index (κ2) is 5.43. The number of carboxylic acids is 1. The van der Waals surface area contributed by atoms with Crippen molar-refractivity contribution in [2.45, 2.75) is 53.8 Å². The Morgan fingerprint density at radius 1 is 1.29 bits per heavy atom. The Balaban J connectivity index is 1.89. The number of allylic oxidation sites excluding steroid dienone is 2. The van der Waals surface area contributed by atoms with Crippen LogP contribution in [0.1, 0.15) is 39.3 Å². The molecule has 2 aliphatic rings. The first-order chi connectivity index (χ1) is 11.1. The maximum Gasteiger partial charge on any atom is 0.328 e. The molecule has 1 aromatic rings. The molecule has 130 valence electrons. The summed E-state index contributed by atoms with van der Waals surface area (Å²) in [5.74, 6) is 0.227. The first kappa shape index (κ1) is 16.7. The van der Waals surface area contributed by atoms with Gasteiger partial charge in [0.2, 0.25) is 5.91 Å². The quantitative estimate of drug-likeness (QED) is 0.850. The lowest BCUT2D eigenvalue weighted by atomic mass is 10.1. The van der Waals surface area contributed by atoms with E-state index in [-0.39, 0.29) is 36.2 Å². The Morgan fingerprint density at radius 3 is 2.54 bits per heavy atom. The number of hydrogen-bond acceptors (Lipinski definition) is 4. The Kier molecular flexibility index (Phi) is 3.77. The standard InChI is InChI=1S/C17H24N4O3/c1-9(2)6-11-14(17(11,4)5)15(22)21-8-13-19-18-10(3)20(13)7-12(21)16(23)24/h6,11-12,14H,7-8H2,1-5H3,(H,23,24). The number of carboxylic acid groups (broad SMARTS) is 1. The lowest BCUT2D eigenvalue weighted by Gasteiger charge is -2.34. The van der Waals surface area contributed by atoms with E-state index in [1.54, 1.807) is 11.5 Å². The van der Waals surface area contributed by atoms with E-state index >= 15 is 0 Å². The largest absolute Gasteiger partial charge is 0.480 e. The van der Waals surface area contributed by atoms with Crippen molar-refractivity contribution >= 4 is 11.9 Å². The fourth-order valence-corrected chi connectivity index (χ4v) is 3.75. The van der Waals surface area contributed by atoms with Gasteiger partial charge in [0.1, 0.15) is 11.9 Å². The minimum absolute atomic E-state index is 0.0956. The van der Waals surface area contributed by atoms with Crippen molar-refractivity contribution in [3.8, 4) is 0 Å². The number of carbonyl (C=O) groups excluding carboxylic acids is 1. The molecule has 0 spiro atoms. The second-order valence-corrected chi connectivity index (χ2v) is 7.66. The third-order valence-electron chi connectivity index (χ3n) is 5.31. The van der Waals surface area contributed by atoms with Crippen molar-refractivity contribution in [1.29, 1.82) is 0 Å². The van der Waals surface area contributed by atoms with Crippen molar-refractivity contribution in [3.63, 3.8) is 0 Å². The molecular weight excluding hydrogens is 308 g/mol. The summed E-state index contributed by atoms with van der Waals surface area (Å²) in [5.41, 5.74) is 1.03. The molecule has 0 bridgehead atoms. The van der Waals surface area contributed by atoms with Crippen LogP contribution in [0.25, 0.3) is 0 Å². The van der Waals surface area contributed by atoms with Crippen molar-refractivity contribution in [1.82, 2.24) is 19.7 Å². The summed E-state index contributed by atoms with van der Waals surface area (Å²) in [5, 5.41) is 17.7. The van der Waals surface area contributed by atoms with Crippen LogP contribution in [0.15, 0.2) is 11.6 Å². The van der Waals surface area contributed by atoms with Crippen LogP contribution in [-0.4, -0.2) is 42.7 Å². The lowest BCUT2D eigenvalue weighted by Crippen LogP contribution is -2.51. The molecule has 7 heteroatoms. The minimum Gasteiger partial charge on any atom is -0.480 e. The third kappa shape index (κ3) is 2.52. The number of aromatic nitrogens is 3. The first-order valence-electron chi connectivity index (χ1n) is 8.21. The molecule has 3 unspecified atom stereocenters. The molecule has 1 aliphatic heterocycles. The highest BCUT2D eigenvalue weighted by molar-refractivity contribution is 5.88. The predicted octanol–water partition coefficient (Wildman–Crippen LogP) is 1.62. The van der Waals surface area contributed by atoms with Gasteiger partial charge in [-0.05, 0) is 32.1 Å². The molecule has 2 heterocycles. The number of aliphatic carboxylic acids is 1. The number of carbonyl (C=O) groups is 2. The van der Waals surface area contributed by atoms with Gasteiger partial charge in [0.15, 0.2) is 5.82 Å². The molecule has 1 fully saturated rings. The highest BCUT2D eigenvalue weighted by Gasteiger charge is 2.62. The Labute approximate surface area is 141 Å². The molecular formula is C17H24N4O3. The minimum atomic E-state index is -0.987. The Morgan fingerprint density at radius 2 is 1.96 bits per heavy atom. The Hall–Kier alpha value is -2.18. The van der Waals surface area contributed by atoms with Crippen LogP contribution >= 0.6 is 0 Å². The van der Waals surface area contributed by atoms with E-state index in [0.29, 0.717) is 11.6 Å². The molecule has 3 atom stereocenters. The fraction of sp³-hybridized carbons (Fsp3) is 0.647. The van der Waals surface area contributed by atoms with Crippen LogP contribution in [-0.2, 0) is 22.7 Å². The normalized spacial score (nSPS) is 27.4. The van der Waals surface area contributed by atoms with E-state index in [4.69, 9.17) is 0 Å². The maximum absolute atomic E-state index is 13.1. The molecule has 1 N–H and O–H groups in total. The molecule has 1 aliphatic carbocycles. The number of nitrogens with zero attached hydrogens (tertiary/aromatic N) is 4. The number of aryl methyl sites for hydroxylation is 1. The molecule has 0 aromatic carbocycles. The van der Waals surface area contributed by atoms with Gasteiger partial charge >= 0.3 is 5.97 Å². The summed E-state index contributed by atoms with van der Waals surface area (Å²) >= 11 is 0. The number of amides is 1. The molecule has 0 radical (unpaired) electrons. The number of fused-ring (bicyclic) bond motifs is 1. The van der Waals surface area contributed by atoms with Gasteiger partial charge in [-0.3, -0.25) is 4.79 Å². The summed E-state index contributed by atoms with van der Waals surface area (Å²) in [6, 6.07) is -0.872. The Bertz CT molecular complexity index is 730. The molecule has 1 aromatic heterocycles. The summed E-state index contributed by atoms with van der Waals surface area (Å²) in [4.78, 5) is 26.3. The van der Waals surface area contributed by atoms with Gasteiger partial charge in [-0.15, -0.1) is 10.2 Å². The van der Waals surface area contributed by atoms with E-state index in [1.807, 2.05) is 13.8 Å². The molecule has 24 heavy (non-hydrogen) atoms. The zero-order chi connectivity index (χ0) is 17.8. The smallest absolute Gasteiger partial charge is 0.328 e. The average molecular weight is 332 g/mol.